The molecule has 2 rings (SSSR count). The predicted molar refractivity (Wildman–Crippen MR) is 91.4 cm³/mol. The van der Waals surface area contributed by atoms with Gasteiger partial charge in [-0.15, -0.1) is 0 Å². The summed E-state index contributed by atoms with van der Waals surface area (Å²) in [5.74, 6) is -1.17. The van der Waals surface area contributed by atoms with E-state index in [1.165, 1.54) is 12.1 Å². The lowest BCUT2D eigenvalue weighted by Crippen LogP contribution is -2.36. The number of nitrogens with two attached hydrogens (primary N) is 1. The number of primary amides is 1. The Hall–Kier alpha value is -2.47. The second-order valence-corrected chi connectivity index (χ2v) is 7.71. The third-order valence-corrected chi connectivity index (χ3v) is 5.92. The zero-order chi connectivity index (χ0) is 17.7. The highest BCUT2D eigenvalue weighted by molar-refractivity contribution is 7.92. The lowest BCUT2D eigenvalue weighted by Gasteiger charge is -2.14. The minimum atomic E-state index is -3.91. The molecule has 0 saturated heterocycles. The Morgan fingerprint density at radius 1 is 1.00 bits per heavy atom. The van der Waals surface area contributed by atoms with Crippen molar-refractivity contribution in [2.24, 2.45) is 5.73 Å². The lowest BCUT2D eigenvalue weighted by atomic mass is 10.0. The number of hydrogen-bond acceptors (Lipinski definition) is 4. The van der Waals surface area contributed by atoms with Crippen LogP contribution in [0.1, 0.15) is 28.8 Å². The van der Waals surface area contributed by atoms with Crippen LogP contribution in [-0.4, -0.2) is 25.4 Å². The normalized spacial score (nSPS) is 12.5. The largest absolute Gasteiger partial charge is 0.369 e. The van der Waals surface area contributed by atoms with Crippen molar-refractivity contribution in [3.8, 4) is 0 Å². The van der Waals surface area contributed by atoms with Crippen LogP contribution in [0.3, 0.4) is 0 Å². The van der Waals surface area contributed by atoms with Crippen LogP contribution in [0, 0.1) is 6.92 Å². The Kier molecular flexibility index (Phi) is 5.51. The maximum atomic E-state index is 12.6. The summed E-state index contributed by atoms with van der Waals surface area (Å²) in [4.78, 5) is 23.9. The fourth-order valence-corrected chi connectivity index (χ4v) is 3.97. The Bertz CT molecular complexity index is 827. The van der Waals surface area contributed by atoms with Crippen LogP contribution in [0.15, 0.2) is 59.5 Å². The molecule has 0 spiro atoms. The van der Waals surface area contributed by atoms with Gasteiger partial charge in [0.25, 0.3) is 0 Å². The molecule has 0 radical (unpaired) electrons. The van der Waals surface area contributed by atoms with Crippen LogP contribution >= 0.6 is 0 Å². The van der Waals surface area contributed by atoms with Crippen molar-refractivity contribution in [3.63, 3.8) is 0 Å². The SMILES string of the molecule is Cc1ccc(C(=O)CCC(C(N)=O)S(=O)(=O)c2ccccc2)cc1. The summed E-state index contributed by atoms with van der Waals surface area (Å²) >= 11 is 0. The molecule has 0 aromatic heterocycles. The quantitative estimate of drug-likeness (QED) is 0.779. The summed E-state index contributed by atoms with van der Waals surface area (Å²) in [5, 5.41) is -1.42. The van der Waals surface area contributed by atoms with Crippen molar-refractivity contribution < 1.29 is 18.0 Å². The first kappa shape index (κ1) is 17.9. The van der Waals surface area contributed by atoms with Crippen molar-refractivity contribution in [1.82, 2.24) is 0 Å². The van der Waals surface area contributed by atoms with Crippen LogP contribution in [-0.2, 0) is 14.6 Å². The minimum Gasteiger partial charge on any atom is -0.369 e. The standard InChI is InChI=1S/C18H19NO4S/c1-13-7-9-14(10-8-13)16(20)11-12-17(18(19)21)24(22,23)15-5-3-2-4-6-15/h2-10,17H,11-12H2,1H3,(H2,19,21). The molecule has 126 valence electrons. The molecule has 0 saturated carbocycles. The maximum absolute atomic E-state index is 12.6. The second-order valence-electron chi connectivity index (χ2n) is 5.58. The second kappa shape index (κ2) is 7.40. The summed E-state index contributed by atoms with van der Waals surface area (Å²) in [6.45, 7) is 1.91. The van der Waals surface area contributed by atoms with Gasteiger partial charge in [0.05, 0.1) is 4.90 Å². The van der Waals surface area contributed by atoms with Gasteiger partial charge in [0.15, 0.2) is 15.6 Å². The number of benzene rings is 2. The highest BCUT2D eigenvalue weighted by Gasteiger charge is 2.32. The van der Waals surface area contributed by atoms with Crippen LogP contribution in [0.25, 0.3) is 0 Å². The lowest BCUT2D eigenvalue weighted by molar-refractivity contribution is -0.117. The summed E-state index contributed by atoms with van der Waals surface area (Å²) in [6, 6.07) is 14.6. The van der Waals surface area contributed by atoms with E-state index >= 15 is 0 Å². The van der Waals surface area contributed by atoms with E-state index in [4.69, 9.17) is 5.73 Å². The monoisotopic (exact) mass is 345 g/mol. The molecule has 5 nitrogen and oxygen atoms in total. The van der Waals surface area contributed by atoms with Crippen molar-refractivity contribution in [3.05, 3.63) is 65.7 Å². The number of ketones is 1. The topological polar surface area (TPSA) is 94.3 Å². The van der Waals surface area contributed by atoms with E-state index < -0.39 is 21.0 Å². The van der Waals surface area contributed by atoms with Gasteiger partial charge >= 0.3 is 0 Å². The van der Waals surface area contributed by atoms with Crippen molar-refractivity contribution in [2.75, 3.05) is 0 Å². The number of hydrogen-bond donors (Lipinski definition) is 1. The van der Waals surface area contributed by atoms with Gasteiger partial charge in [-0.05, 0) is 25.5 Å². The molecule has 2 aromatic carbocycles. The first-order valence-corrected chi connectivity index (χ1v) is 9.05. The number of aryl methyl sites for hydroxylation is 1. The average Bonchev–Trinajstić information content (AvgIpc) is 2.55. The van der Waals surface area contributed by atoms with Crippen molar-refractivity contribution in [1.29, 1.82) is 0 Å². The first-order valence-electron chi connectivity index (χ1n) is 7.50. The van der Waals surface area contributed by atoms with Gasteiger partial charge < -0.3 is 5.73 Å². The van der Waals surface area contributed by atoms with E-state index in [0.717, 1.165) is 5.56 Å². The van der Waals surface area contributed by atoms with E-state index in [1.807, 2.05) is 6.92 Å². The first-order chi connectivity index (χ1) is 11.3. The highest BCUT2D eigenvalue weighted by Crippen LogP contribution is 2.20. The molecule has 0 aliphatic rings. The van der Waals surface area contributed by atoms with E-state index in [0.29, 0.717) is 5.56 Å². The number of carbonyl (C=O) groups excluding carboxylic acids is 2. The summed E-state index contributed by atoms with van der Waals surface area (Å²) in [7, 11) is -3.91. The number of sulfone groups is 1. The fourth-order valence-electron chi connectivity index (χ4n) is 2.37. The molecule has 1 atom stereocenters. The zero-order valence-corrected chi connectivity index (χ0v) is 14.1. The molecule has 6 heteroatoms. The fraction of sp³-hybridized carbons (Fsp3) is 0.222. The van der Waals surface area contributed by atoms with Gasteiger partial charge in [0.1, 0.15) is 5.25 Å². The van der Waals surface area contributed by atoms with Crippen LogP contribution in [0.5, 0.6) is 0 Å². The van der Waals surface area contributed by atoms with Gasteiger partial charge in [-0.2, -0.15) is 0 Å². The molecule has 0 bridgehead atoms. The van der Waals surface area contributed by atoms with Gasteiger partial charge in [-0.25, -0.2) is 8.42 Å². The summed E-state index contributed by atoms with van der Waals surface area (Å²) in [5.41, 5.74) is 6.78. The van der Waals surface area contributed by atoms with Gasteiger partial charge in [0, 0.05) is 12.0 Å². The summed E-state index contributed by atoms with van der Waals surface area (Å²) < 4.78 is 25.1. The molecule has 0 heterocycles. The van der Waals surface area contributed by atoms with E-state index in [2.05, 4.69) is 0 Å². The van der Waals surface area contributed by atoms with Crippen molar-refractivity contribution in [2.45, 2.75) is 29.9 Å². The average molecular weight is 345 g/mol. The maximum Gasteiger partial charge on any atom is 0.236 e. The third kappa shape index (κ3) is 4.08. The molecule has 0 aliphatic heterocycles. The smallest absolute Gasteiger partial charge is 0.236 e. The van der Waals surface area contributed by atoms with Gasteiger partial charge in [-0.3, -0.25) is 9.59 Å². The Morgan fingerprint density at radius 3 is 2.12 bits per heavy atom. The molecule has 1 amide bonds. The number of Topliss-reactive ketones (excluding diaryl/α,β-unsaturated/α-hetero) is 1. The molecular weight excluding hydrogens is 326 g/mol. The molecule has 1 unspecified atom stereocenters. The molecule has 24 heavy (non-hydrogen) atoms. The van der Waals surface area contributed by atoms with Gasteiger partial charge in [0.2, 0.25) is 5.91 Å². The molecular formula is C18H19NO4S. The van der Waals surface area contributed by atoms with Crippen molar-refractivity contribution >= 4 is 21.5 Å². The molecule has 0 fully saturated rings. The summed E-state index contributed by atoms with van der Waals surface area (Å²) in [6.07, 6.45) is -0.206. The van der Waals surface area contributed by atoms with Crippen LogP contribution in [0.4, 0.5) is 0 Å². The zero-order valence-electron chi connectivity index (χ0n) is 13.3. The number of rotatable bonds is 7. The highest BCUT2D eigenvalue weighted by atomic mass is 32.2. The van der Waals surface area contributed by atoms with Gasteiger partial charge in [-0.1, -0.05) is 48.0 Å². The predicted octanol–water partition coefficient (Wildman–Crippen LogP) is 2.29. The number of amides is 1. The Morgan fingerprint density at radius 2 is 1.58 bits per heavy atom. The number of carbonyl (C=O) groups is 2. The van der Waals surface area contributed by atoms with E-state index in [1.54, 1.807) is 42.5 Å². The molecule has 2 N–H and O–H groups in total. The van der Waals surface area contributed by atoms with E-state index in [-0.39, 0.29) is 23.5 Å². The minimum absolute atomic E-state index is 0.0246. The third-order valence-electron chi connectivity index (χ3n) is 3.77. The van der Waals surface area contributed by atoms with E-state index in [9.17, 15) is 18.0 Å². The molecule has 2 aromatic rings. The van der Waals surface area contributed by atoms with Crippen LogP contribution in [0.2, 0.25) is 0 Å². The molecule has 0 aliphatic carbocycles. The van der Waals surface area contributed by atoms with Crippen LogP contribution < -0.4 is 5.73 Å². The Balaban J connectivity index is 2.16. The Labute approximate surface area is 141 Å².